The predicted molar refractivity (Wildman–Crippen MR) is 327 cm³/mol. The van der Waals surface area contributed by atoms with Gasteiger partial charge in [0.1, 0.15) is 13.2 Å². The third-order valence-electron chi connectivity index (χ3n) is 13.7. The van der Waals surface area contributed by atoms with Crippen LogP contribution >= 0.6 is 0 Å². The Kier molecular flexibility index (Phi) is 55.9. The minimum absolute atomic E-state index is 0.0264. The summed E-state index contributed by atoms with van der Waals surface area (Å²) in [5, 5.41) is 9.69. The molecule has 1 N–H and O–H groups in total. The summed E-state index contributed by atoms with van der Waals surface area (Å²) >= 11 is 0. The third kappa shape index (κ3) is 60.0. The zero-order valence-electron chi connectivity index (χ0n) is 50.6. The number of rotatable bonds is 58. The number of unbranched alkanes of at least 4 members (excludes halogenated alkanes) is 30. The topological polar surface area (TPSA) is 108 Å². The number of carboxylic acids is 1. The van der Waals surface area contributed by atoms with Crippen LogP contribution in [0.5, 0.6) is 0 Å². The number of ether oxygens (including phenoxy) is 4. The van der Waals surface area contributed by atoms with E-state index in [0.717, 1.165) is 51.4 Å². The third-order valence-corrected chi connectivity index (χ3v) is 13.7. The summed E-state index contributed by atoms with van der Waals surface area (Å²) in [6, 6.07) is 0. The monoisotopic (exact) mass is 1080 g/mol. The molecule has 0 fully saturated rings. The van der Waals surface area contributed by atoms with Crippen LogP contribution in [0, 0.1) is 0 Å². The number of allylic oxidation sites excluding steroid dienone is 13. The van der Waals surface area contributed by atoms with Crippen molar-refractivity contribution in [3.63, 3.8) is 0 Å². The maximum atomic E-state index is 12.8. The lowest BCUT2D eigenvalue weighted by atomic mass is 10.0. The summed E-state index contributed by atoms with van der Waals surface area (Å²) in [6.45, 7) is 4.65. The highest BCUT2D eigenvalue weighted by Crippen LogP contribution is 2.17. The fourth-order valence-electron chi connectivity index (χ4n) is 8.83. The van der Waals surface area contributed by atoms with Gasteiger partial charge in [0.05, 0.1) is 40.8 Å². The first-order chi connectivity index (χ1) is 37.6. The van der Waals surface area contributed by atoms with Crippen LogP contribution in [0.3, 0.4) is 0 Å². The van der Waals surface area contributed by atoms with Crippen LogP contribution in [-0.4, -0.2) is 87.4 Å². The van der Waals surface area contributed by atoms with Crippen molar-refractivity contribution in [2.45, 2.75) is 283 Å². The number of carboxylic acid groups (broad SMARTS) is 1. The molecule has 0 rings (SSSR count). The molecule has 0 aromatic heterocycles. The number of carbonyl (C=O) groups is 3. The first kappa shape index (κ1) is 73.5. The summed E-state index contributed by atoms with van der Waals surface area (Å²) in [5.41, 5.74) is 0. The first-order valence-electron chi connectivity index (χ1n) is 31.8. The lowest BCUT2D eigenvalue weighted by Gasteiger charge is -2.25. The molecule has 9 nitrogen and oxygen atoms in total. The SMILES string of the molecule is CC/C=C\C/C=C\C/C=C\C/C=C\C/C=C\CC(=O)OC(COC(=O)CCCCCCCCCCCCCCCCCCCCCCCCCCC/C=C\C/C=C\CCCCCCC)COC(OCC[N+](C)(C)C)C(=O)O. The van der Waals surface area contributed by atoms with Crippen LogP contribution in [0.4, 0.5) is 0 Å². The molecular formula is C68H120NO8+. The van der Waals surface area contributed by atoms with Crippen molar-refractivity contribution >= 4 is 17.9 Å². The Balaban J connectivity index is 4.02. The molecule has 0 heterocycles. The van der Waals surface area contributed by atoms with E-state index in [1.54, 1.807) is 6.08 Å². The van der Waals surface area contributed by atoms with E-state index < -0.39 is 24.3 Å². The molecule has 0 bridgehead atoms. The van der Waals surface area contributed by atoms with Gasteiger partial charge in [-0.2, -0.15) is 0 Å². The largest absolute Gasteiger partial charge is 0.477 e. The lowest BCUT2D eigenvalue weighted by molar-refractivity contribution is -0.870. The van der Waals surface area contributed by atoms with Gasteiger partial charge in [-0.1, -0.05) is 272 Å². The molecule has 77 heavy (non-hydrogen) atoms. The summed E-state index contributed by atoms with van der Waals surface area (Å²) in [7, 11) is 5.94. The summed E-state index contributed by atoms with van der Waals surface area (Å²) in [5.74, 6) is -2.17. The number of esters is 2. The van der Waals surface area contributed by atoms with E-state index in [4.69, 9.17) is 18.9 Å². The average Bonchev–Trinajstić information content (AvgIpc) is 3.40. The molecule has 0 aliphatic rings. The van der Waals surface area contributed by atoms with Crippen LogP contribution in [0.25, 0.3) is 0 Å². The van der Waals surface area contributed by atoms with Gasteiger partial charge in [-0.25, -0.2) is 4.79 Å². The minimum Gasteiger partial charge on any atom is -0.477 e. The van der Waals surface area contributed by atoms with Gasteiger partial charge in [0.15, 0.2) is 6.10 Å². The van der Waals surface area contributed by atoms with Crippen molar-refractivity contribution in [2.24, 2.45) is 0 Å². The van der Waals surface area contributed by atoms with Crippen LogP contribution in [0.1, 0.15) is 271 Å². The number of hydrogen-bond acceptors (Lipinski definition) is 7. The molecular weight excluding hydrogens is 959 g/mol. The second-order valence-corrected chi connectivity index (χ2v) is 22.4. The second kappa shape index (κ2) is 58.6. The molecule has 0 aromatic rings. The van der Waals surface area contributed by atoms with Gasteiger partial charge in [-0.3, -0.25) is 9.59 Å². The minimum atomic E-state index is -1.54. The molecule has 2 unspecified atom stereocenters. The number of nitrogens with zero attached hydrogens (tertiary/aromatic N) is 1. The number of quaternary nitrogens is 1. The van der Waals surface area contributed by atoms with Crippen molar-refractivity contribution in [1.29, 1.82) is 0 Å². The summed E-state index contributed by atoms with van der Waals surface area (Å²) in [4.78, 5) is 37.3. The predicted octanol–water partition coefficient (Wildman–Crippen LogP) is 19.1. The molecule has 2 atom stereocenters. The molecule has 0 radical (unpaired) electrons. The Bertz CT molecular complexity index is 1540. The molecule has 0 aromatic carbocycles. The van der Waals surface area contributed by atoms with E-state index in [1.165, 1.54) is 186 Å². The number of carbonyl (C=O) groups excluding carboxylic acids is 2. The van der Waals surface area contributed by atoms with E-state index in [1.807, 2.05) is 33.3 Å². The van der Waals surface area contributed by atoms with Gasteiger partial charge in [0, 0.05) is 6.42 Å². The van der Waals surface area contributed by atoms with Gasteiger partial charge < -0.3 is 28.5 Å². The van der Waals surface area contributed by atoms with Crippen LogP contribution in [0.15, 0.2) is 85.1 Å². The Morgan fingerprint density at radius 1 is 0.416 bits per heavy atom. The van der Waals surface area contributed by atoms with E-state index in [2.05, 4.69) is 80.7 Å². The number of aliphatic carboxylic acids is 1. The number of likely N-dealkylation sites (N-methyl/N-ethyl adjacent to an activating group) is 1. The summed E-state index contributed by atoms with van der Waals surface area (Å²) in [6.07, 6.45) is 76.0. The standard InChI is InChI=1S/C68H119NO8/c1-6-8-10-12-14-16-18-20-22-23-24-25-26-27-28-29-30-31-32-33-34-35-36-37-38-39-40-41-42-43-45-46-48-50-52-54-56-58-65(70)75-62-64(63-76-68(67(72)73)74-61-60-69(3,4)5)77-66(71)59-57-55-53-51-49-47-44-21-19-17-15-13-11-9-7-2/h9,11,15,17-18,20-21,23-24,44,49,51,55,57,64,68H,6-8,10,12-14,16,19,22,25-43,45-48,50,52-54,56,58-63H2,1-5H3/p+1/b11-9-,17-15-,20-18-,24-23-,44-21-,51-49-,57-55-. The highest BCUT2D eigenvalue weighted by atomic mass is 16.7. The van der Waals surface area contributed by atoms with Crippen LogP contribution in [0.2, 0.25) is 0 Å². The van der Waals surface area contributed by atoms with Crippen LogP contribution in [-0.2, 0) is 33.3 Å². The normalized spacial score (nSPS) is 13.3. The van der Waals surface area contributed by atoms with E-state index in [9.17, 15) is 19.5 Å². The van der Waals surface area contributed by atoms with Gasteiger partial charge in [0.25, 0.3) is 6.29 Å². The quantitative estimate of drug-likeness (QED) is 0.0211. The van der Waals surface area contributed by atoms with E-state index in [-0.39, 0.29) is 38.6 Å². The highest BCUT2D eigenvalue weighted by molar-refractivity contribution is 5.72. The molecule has 0 amide bonds. The fraction of sp³-hybridized carbons (Fsp3) is 0.750. The van der Waals surface area contributed by atoms with Gasteiger partial charge in [-0.05, 0) is 70.6 Å². The van der Waals surface area contributed by atoms with Gasteiger partial charge in [0.2, 0.25) is 0 Å². The van der Waals surface area contributed by atoms with Crippen molar-refractivity contribution in [1.82, 2.24) is 0 Å². The zero-order chi connectivity index (χ0) is 56.2. The second-order valence-electron chi connectivity index (χ2n) is 22.4. The maximum absolute atomic E-state index is 12.8. The lowest BCUT2D eigenvalue weighted by Crippen LogP contribution is -2.40. The first-order valence-corrected chi connectivity index (χ1v) is 31.8. The van der Waals surface area contributed by atoms with Crippen molar-refractivity contribution in [3.8, 4) is 0 Å². The molecule has 0 saturated carbocycles. The fourth-order valence-corrected chi connectivity index (χ4v) is 8.83. The molecule has 9 heteroatoms. The molecule has 444 valence electrons. The van der Waals surface area contributed by atoms with Crippen molar-refractivity contribution in [2.75, 3.05) is 47.5 Å². The zero-order valence-corrected chi connectivity index (χ0v) is 50.6. The Morgan fingerprint density at radius 2 is 0.779 bits per heavy atom. The Labute approximate surface area is 474 Å². The Morgan fingerprint density at radius 3 is 1.17 bits per heavy atom. The Hall–Kier alpha value is -3.53. The molecule has 0 aliphatic carbocycles. The molecule has 0 aliphatic heterocycles. The number of hydrogen-bond donors (Lipinski definition) is 1. The maximum Gasteiger partial charge on any atom is 0.361 e. The summed E-state index contributed by atoms with van der Waals surface area (Å²) < 4.78 is 22.7. The van der Waals surface area contributed by atoms with Crippen molar-refractivity contribution in [3.05, 3.63) is 85.1 Å². The van der Waals surface area contributed by atoms with E-state index >= 15 is 0 Å². The smallest absolute Gasteiger partial charge is 0.361 e. The molecule has 0 spiro atoms. The highest BCUT2D eigenvalue weighted by Gasteiger charge is 2.25. The average molecular weight is 1080 g/mol. The molecule has 0 saturated heterocycles. The van der Waals surface area contributed by atoms with Gasteiger partial charge in [-0.15, -0.1) is 0 Å². The van der Waals surface area contributed by atoms with E-state index in [0.29, 0.717) is 17.4 Å². The van der Waals surface area contributed by atoms with Crippen molar-refractivity contribution < 1.29 is 42.9 Å². The van der Waals surface area contributed by atoms with Gasteiger partial charge >= 0.3 is 17.9 Å². The van der Waals surface area contributed by atoms with Crippen LogP contribution < -0.4 is 0 Å².